The number of unbranched alkanes of at least 4 members (excludes halogenated alkanes) is 1. The van der Waals surface area contributed by atoms with E-state index in [1.54, 1.807) is 13.3 Å². The lowest BCUT2D eigenvalue weighted by Crippen LogP contribution is -1.90. The SMILES string of the molecule is CCCC/C(=C\C(C)=N)c1cn(C)cn1. The fraction of sp³-hybridized carbons (Fsp3) is 0.500. The van der Waals surface area contributed by atoms with Crippen molar-refractivity contribution in [3.05, 3.63) is 24.3 Å². The standard InChI is InChI=1S/C12H19N3/c1-4-5-6-11(7-10(2)13)12-8-15(3)9-14-12/h7-9,13H,4-6H2,1-3H3/b11-7+,13-10?. The third-order valence-electron chi connectivity index (χ3n) is 2.22. The predicted octanol–water partition coefficient (Wildman–Crippen LogP) is 3.03. The average Bonchev–Trinajstić information content (AvgIpc) is 2.58. The lowest BCUT2D eigenvalue weighted by molar-refractivity contribution is 0.822. The molecule has 0 fully saturated rings. The minimum atomic E-state index is 0.590. The van der Waals surface area contributed by atoms with Crippen LogP contribution in [0.2, 0.25) is 0 Å². The molecule has 82 valence electrons. The first kappa shape index (κ1) is 11.7. The number of hydrogen-bond donors (Lipinski definition) is 1. The van der Waals surface area contributed by atoms with Crippen LogP contribution in [0.5, 0.6) is 0 Å². The van der Waals surface area contributed by atoms with Crippen LogP contribution in [0.1, 0.15) is 38.8 Å². The Labute approximate surface area is 91.4 Å². The number of hydrogen-bond acceptors (Lipinski definition) is 2. The maximum Gasteiger partial charge on any atom is 0.0951 e. The van der Waals surface area contributed by atoms with Gasteiger partial charge in [-0.3, -0.25) is 0 Å². The van der Waals surface area contributed by atoms with Crippen LogP contribution in [0.3, 0.4) is 0 Å². The zero-order chi connectivity index (χ0) is 11.3. The van der Waals surface area contributed by atoms with Crippen molar-refractivity contribution in [2.45, 2.75) is 33.1 Å². The molecule has 0 amide bonds. The second-order valence-corrected chi connectivity index (χ2v) is 3.88. The van der Waals surface area contributed by atoms with Gasteiger partial charge in [0.25, 0.3) is 0 Å². The van der Waals surface area contributed by atoms with E-state index in [4.69, 9.17) is 5.41 Å². The van der Waals surface area contributed by atoms with Crippen LogP contribution >= 0.6 is 0 Å². The molecule has 0 bridgehead atoms. The molecule has 0 saturated heterocycles. The number of aromatic nitrogens is 2. The molecule has 0 unspecified atom stereocenters. The largest absolute Gasteiger partial charge is 0.340 e. The van der Waals surface area contributed by atoms with Crippen LogP contribution in [-0.4, -0.2) is 15.3 Å². The highest BCUT2D eigenvalue weighted by Gasteiger charge is 2.04. The molecule has 0 aliphatic heterocycles. The molecule has 3 heteroatoms. The first-order valence-electron chi connectivity index (χ1n) is 5.37. The van der Waals surface area contributed by atoms with Gasteiger partial charge in [0.1, 0.15) is 0 Å². The van der Waals surface area contributed by atoms with Crippen molar-refractivity contribution >= 4 is 11.3 Å². The van der Waals surface area contributed by atoms with Gasteiger partial charge in [-0.2, -0.15) is 0 Å². The number of nitrogens with zero attached hydrogens (tertiary/aromatic N) is 2. The summed E-state index contributed by atoms with van der Waals surface area (Å²) in [6, 6.07) is 0. The summed E-state index contributed by atoms with van der Waals surface area (Å²) in [5.41, 5.74) is 2.76. The van der Waals surface area contributed by atoms with Crippen LogP contribution in [0.4, 0.5) is 0 Å². The number of imidazole rings is 1. The second-order valence-electron chi connectivity index (χ2n) is 3.88. The minimum Gasteiger partial charge on any atom is -0.340 e. The fourth-order valence-corrected chi connectivity index (χ4v) is 1.48. The van der Waals surface area contributed by atoms with Crippen molar-refractivity contribution in [3.8, 4) is 0 Å². The third kappa shape index (κ3) is 3.70. The highest BCUT2D eigenvalue weighted by molar-refractivity contribution is 5.96. The normalized spacial score (nSPS) is 11.8. The molecule has 1 aromatic rings. The molecule has 0 saturated carbocycles. The Bertz CT molecular complexity index is 361. The van der Waals surface area contributed by atoms with Crippen LogP contribution in [0.25, 0.3) is 5.57 Å². The molecule has 0 atom stereocenters. The molecular formula is C12H19N3. The van der Waals surface area contributed by atoms with Gasteiger partial charge in [0, 0.05) is 19.0 Å². The van der Waals surface area contributed by atoms with Gasteiger partial charge in [-0.25, -0.2) is 4.98 Å². The number of aryl methyl sites for hydroxylation is 1. The Morgan fingerprint density at radius 1 is 1.60 bits per heavy atom. The fourth-order valence-electron chi connectivity index (χ4n) is 1.48. The Morgan fingerprint density at radius 2 is 2.33 bits per heavy atom. The maximum atomic E-state index is 7.51. The lowest BCUT2D eigenvalue weighted by Gasteiger charge is -2.03. The molecule has 0 aromatic carbocycles. The van der Waals surface area contributed by atoms with E-state index >= 15 is 0 Å². The molecule has 0 aliphatic rings. The number of allylic oxidation sites excluding steroid dienone is 2. The molecule has 15 heavy (non-hydrogen) atoms. The van der Waals surface area contributed by atoms with Crippen molar-refractivity contribution in [1.29, 1.82) is 5.41 Å². The van der Waals surface area contributed by atoms with Gasteiger partial charge < -0.3 is 9.98 Å². The molecule has 0 spiro atoms. The van der Waals surface area contributed by atoms with Crippen molar-refractivity contribution in [3.63, 3.8) is 0 Å². The molecule has 0 aliphatic carbocycles. The van der Waals surface area contributed by atoms with Gasteiger partial charge in [-0.05, 0) is 31.4 Å². The van der Waals surface area contributed by atoms with Gasteiger partial charge in [-0.15, -0.1) is 0 Å². The smallest absolute Gasteiger partial charge is 0.0951 e. The zero-order valence-corrected chi connectivity index (χ0v) is 9.75. The van der Waals surface area contributed by atoms with Crippen LogP contribution in [0, 0.1) is 5.41 Å². The third-order valence-corrected chi connectivity index (χ3v) is 2.22. The molecule has 1 rings (SSSR count). The van der Waals surface area contributed by atoms with E-state index < -0.39 is 0 Å². The van der Waals surface area contributed by atoms with Crippen molar-refractivity contribution in [2.24, 2.45) is 7.05 Å². The first-order valence-corrected chi connectivity index (χ1v) is 5.37. The summed E-state index contributed by atoms with van der Waals surface area (Å²) in [7, 11) is 1.96. The first-order chi connectivity index (χ1) is 7.13. The molecular weight excluding hydrogens is 186 g/mol. The van der Waals surface area contributed by atoms with E-state index in [1.165, 1.54) is 12.0 Å². The Kier molecular flexibility index (Phi) is 4.28. The predicted molar refractivity (Wildman–Crippen MR) is 64.1 cm³/mol. The monoisotopic (exact) mass is 205 g/mol. The lowest BCUT2D eigenvalue weighted by atomic mass is 10.0. The van der Waals surface area contributed by atoms with E-state index in [1.807, 2.05) is 23.9 Å². The molecule has 3 nitrogen and oxygen atoms in total. The van der Waals surface area contributed by atoms with Gasteiger partial charge in [0.2, 0.25) is 0 Å². The van der Waals surface area contributed by atoms with E-state index in [-0.39, 0.29) is 0 Å². The average molecular weight is 205 g/mol. The van der Waals surface area contributed by atoms with E-state index in [0.29, 0.717) is 5.71 Å². The minimum absolute atomic E-state index is 0.590. The molecule has 1 aromatic heterocycles. The quantitative estimate of drug-likeness (QED) is 0.737. The van der Waals surface area contributed by atoms with Gasteiger partial charge >= 0.3 is 0 Å². The van der Waals surface area contributed by atoms with Crippen molar-refractivity contribution in [2.75, 3.05) is 0 Å². The zero-order valence-electron chi connectivity index (χ0n) is 9.75. The Balaban J connectivity index is 2.85. The number of rotatable bonds is 5. The Hall–Kier alpha value is -1.38. The highest BCUT2D eigenvalue weighted by Crippen LogP contribution is 2.18. The molecule has 1 N–H and O–H groups in total. The van der Waals surface area contributed by atoms with Gasteiger partial charge in [0.15, 0.2) is 0 Å². The second kappa shape index (κ2) is 5.49. The summed E-state index contributed by atoms with van der Waals surface area (Å²) in [4.78, 5) is 4.32. The summed E-state index contributed by atoms with van der Waals surface area (Å²) in [5.74, 6) is 0. The van der Waals surface area contributed by atoms with Crippen LogP contribution in [0.15, 0.2) is 18.6 Å². The highest BCUT2D eigenvalue weighted by atomic mass is 15.0. The summed E-state index contributed by atoms with van der Waals surface area (Å²) in [6.45, 7) is 3.97. The van der Waals surface area contributed by atoms with Gasteiger partial charge in [-0.1, -0.05) is 13.3 Å². The topological polar surface area (TPSA) is 41.7 Å². The Morgan fingerprint density at radius 3 is 2.80 bits per heavy atom. The van der Waals surface area contributed by atoms with Gasteiger partial charge in [0.05, 0.1) is 12.0 Å². The van der Waals surface area contributed by atoms with Crippen LogP contribution < -0.4 is 0 Å². The summed E-state index contributed by atoms with van der Waals surface area (Å²) >= 11 is 0. The van der Waals surface area contributed by atoms with E-state index in [2.05, 4.69) is 11.9 Å². The number of nitrogens with one attached hydrogen (secondary N) is 1. The van der Waals surface area contributed by atoms with E-state index in [0.717, 1.165) is 18.5 Å². The van der Waals surface area contributed by atoms with E-state index in [9.17, 15) is 0 Å². The molecule has 1 heterocycles. The van der Waals surface area contributed by atoms with Crippen molar-refractivity contribution in [1.82, 2.24) is 9.55 Å². The van der Waals surface area contributed by atoms with Crippen molar-refractivity contribution < 1.29 is 0 Å². The summed E-state index contributed by atoms with van der Waals surface area (Å²) in [6.07, 6.45) is 9.04. The molecule has 0 radical (unpaired) electrons. The summed E-state index contributed by atoms with van der Waals surface area (Å²) < 4.78 is 1.94. The maximum absolute atomic E-state index is 7.51. The summed E-state index contributed by atoms with van der Waals surface area (Å²) in [5, 5.41) is 7.51. The van der Waals surface area contributed by atoms with Crippen LogP contribution in [-0.2, 0) is 7.05 Å².